The average Bonchev–Trinajstić information content (AvgIpc) is 2.57. The molecule has 7 heteroatoms. The van der Waals surface area contributed by atoms with Gasteiger partial charge in [-0.25, -0.2) is 8.42 Å². The number of sulfone groups is 1. The van der Waals surface area contributed by atoms with Crippen LogP contribution < -0.4 is 4.74 Å². The largest absolute Gasteiger partial charge is 0.496 e. The number of hydrogen-bond donors (Lipinski definition) is 0. The molecule has 1 spiro atoms. The van der Waals surface area contributed by atoms with Gasteiger partial charge in [0.1, 0.15) is 5.75 Å². The van der Waals surface area contributed by atoms with Gasteiger partial charge in [0.2, 0.25) is 0 Å². The highest BCUT2D eigenvalue weighted by atomic mass is 32.2. The van der Waals surface area contributed by atoms with Crippen LogP contribution in [0.4, 0.5) is 0 Å². The van der Waals surface area contributed by atoms with E-state index >= 15 is 0 Å². The van der Waals surface area contributed by atoms with Crippen molar-refractivity contribution in [1.29, 1.82) is 0 Å². The molecule has 2 aliphatic rings. The van der Waals surface area contributed by atoms with Crippen molar-refractivity contribution in [2.45, 2.75) is 18.4 Å². The van der Waals surface area contributed by atoms with E-state index < -0.39 is 15.4 Å². The summed E-state index contributed by atoms with van der Waals surface area (Å²) >= 11 is 0. The SMILES string of the molecule is COc1ccccc1C(=O)N1CCOC2(CCS(=O)(=O)CC2)C1. The molecule has 0 N–H and O–H groups in total. The van der Waals surface area contributed by atoms with Crippen LogP contribution in [0.15, 0.2) is 24.3 Å². The van der Waals surface area contributed by atoms with Gasteiger partial charge in [-0.05, 0) is 25.0 Å². The van der Waals surface area contributed by atoms with Gasteiger partial charge < -0.3 is 14.4 Å². The zero-order chi connectivity index (χ0) is 16.5. The molecule has 126 valence electrons. The minimum Gasteiger partial charge on any atom is -0.496 e. The molecule has 0 bridgehead atoms. The molecule has 1 aromatic carbocycles. The summed E-state index contributed by atoms with van der Waals surface area (Å²) in [7, 11) is -1.42. The molecule has 23 heavy (non-hydrogen) atoms. The third-order valence-electron chi connectivity index (χ3n) is 4.61. The monoisotopic (exact) mass is 339 g/mol. The summed E-state index contributed by atoms with van der Waals surface area (Å²) in [5.41, 5.74) is -0.00295. The van der Waals surface area contributed by atoms with E-state index in [0.717, 1.165) is 0 Å². The van der Waals surface area contributed by atoms with Crippen molar-refractivity contribution in [2.24, 2.45) is 0 Å². The number of rotatable bonds is 2. The van der Waals surface area contributed by atoms with E-state index in [1.807, 2.05) is 6.07 Å². The molecule has 0 aromatic heterocycles. The Balaban J connectivity index is 1.77. The van der Waals surface area contributed by atoms with E-state index in [1.165, 1.54) is 0 Å². The number of amides is 1. The fourth-order valence-corrected chi connectivity index (χ4v) is 4.79. The lowest BCUT2D eigenvalue weighted by Crippen LogP contribution is -2.56. The number of para-hydroxylation sites is 1. The van der Waals surface area contributed by atoms with Gasteiger partial charge in [-0.2, -0.15) is 0 Å². The van der Waals surface area contributed by atoms with Gasteiger partial charge in [-0.1, -0.05) is 12.1 Å². The first-order valence-corrected chi connectivity index (χ1v) is 9.54. The Labute approximate surface area is 136 Å². The summed E-state index contributed by atoms with van der Waals surface area (Å²) in [5, 5.41) is 0. The Hall–Kier alpha value is -1.60. The molecule has 0 unspecified atom stereocenters. The zero-order valence-electron chi connectivity index (χ0n) is 13.2. The minimum atomic E-state index is -2.96. The molecule has 0 radical (unpaired) electrons. The number of benzene rings is 1. The zero-order valence-corrected chi connectivity index (χ0v) is 14.0. The van der Waals surface area contributed by atoms with Crippen LogP contribution in [0.5, 0.6) is 5.75 Å². The predicted molar refractivity (Wildman–Crippen MR) is 85.5 cm³/mol. The maximum absolute atomic E-state index is 12.8. The number of hydrogen-bond acceptors (Lipinski definition) is 5. The van der Waals surface area contributed by atoms with Crippen LogP contribution in [0.1, 0.15) is 23.2 Å². The van der Waals surface area contributed by atoms with E-state index in [4.69, 9.17) is 9.47 Å². The van der Waals surface area contributed by atoms with Crippen molar-refractivity contribution in [1.82, 2.24) is 4.90 Å². The first kappa shape index (κ1) is 16.3. The Kier molecular flexibility index (Phi) is 4.33. The second-order valence-electron chi connectivity index (χ2n) is 6.11. The van der Waals surface area contributed by atoms with Crippen LogP contribution in [-0.2, 0) is 14.6 Å². The molecule has 2 saturated heterocycles. The van der Waals surface area contributed by atoms with E-state index in [0.29, 0.717) is 43.9 Å². The Morgan fingerprint density at radius 1 is 1.26 bits per heavy atom. The van der Waals surface area contributed by atoms with Gasteiger partial charge >= 0.3 is 0 Å². The van der Waals surface area contributed by atoms with E-state index in [9.17, 15) is 13.2 Å². The van der Waals surface area contributed by atoms with Crippen LogP contribution >= 0.6 is 0 Å². The van der Waals surface area contributed by atoms with Crippen LogP contribution in [0.3, 0.4) is 0 Å². The maximum Gasteiger partial charge on any atom is 0.257 e. The number of carbonyl (C=O) groups excluding carboxylic acids is 1. The molecule has 0 saturated carbocycles. The Morgan fingerprint density at radius 2 is 1.96 bits per heavy atom. The lowest BCUT2D eigenvalue weighted by Gasteiger charge is -2.44. The molecule has 2 heterocycles. The molecule has 1 aromatic rings. The number of morpholine rings is 1. The fourth-order valence-electron chi connectivity index (χ4n) is 3.22. The number of methoxy groups -OCH3 is 1. The van der Waals surface area contributed by atoms with Gasteiger partial charge in [-0.15, -0.1) is 0 Å². The van der Waals surface area contributed by atoms with Gasteiger partial charge in [-0.3, -0.25) is 4.79 Å². The average molecular weight is 339 g/mol. The van der Waals surface area contributed by atoms with E-state index in [1.54, 1.807) is 30.2 Å². The van der Waals surface area contributed by atoms with Gasteiger partial charge in [0.15, 0.2) is 9.84 Å². The van der Waals surface area contributed by atoms with Crippen LogP contribution in [-0.4, -0.2) is 63.1 Å². The first-order chi connectivity index (χ1) is 10.9. The molecular formula is C16H21NO5S. The third kappa shape index (κ3) is 3.35. The van der Waals surface area contributed by atoms with Crippen molar-refractivity contribution < 1.29 is 22.7 Å². The summed E-state index contributed by atoms with van der Waals surface area (Å²) in [4.78, 5) is 14.6. The topological polar surface area (TPSA) is 72.9 Å². The van der Waals surface area contributed by atoms with Crippen molar-refractivity contribution >= 4 is 15.7 Å². The lowest BCUT2D eigenvalue weighted by atomic mass is 9.94. The first-order valence-electron chi connectivity index (χ1n) is 7.71. The second-order valence-corrected chi connectivity index (χ2v) is 8.41. The summed E-state index contributed by atoms with van der Waals surface area (Å²) in [6.45, 7) is 1.37. The summed E-state index contributed by atoms with van der Waals surface area (Å²) in [6, 6.07) is 7.13. The van der Waals surface area contributed by atoms with Crippen LogP contribution in [0, 0.1) is 0 Å². The maximum atomic E-state index is 12.8. The molecule has 0 aliphatic carbocycles. The normalized spacial score (nSPS) is 22.7. The van der Waals surface area contributed by atoms with Crippen molar-refractivity contribution in [3.05, 3.63) is 29.8 Å². The highest BCUT2D eigenvalue weighted by Gasteiger charge is 2.43. The van der Waals surface area contributed by atoms with E-state index in [2.05, 4.69) is 0 Å². The van der Waals surface area contributed by atoms with E-state index in [-0.39, 0.29) is 17.4 Å². The summed E-state index contributed by atoms with van der Waals surface area (Å²) < 4.78 is 34.4. The molecule has 3 rings (SSSR count). The van der Waals surface area contributed by atoms with Crippen LogP contribution in [0.2, 0.25) is 0 Å². The number of ether oxygens (including phenoxy) is 2. The predicted octanol–water partition coefficient (Wildman–Crippen LogP) is 1.11. The Bertz CT molecular complexity index is 686. The molecule has 2 aliphatic heterocycles. The highest BCUT2D eigenvalue weighted by molar-refractivity contribution is 7.91. The number of carbonyl (C=O) groups is 1. The molecule has 2 fully saturated rings. The van der Waals surface area contributed by atoms with Gasteiger partial charge in [0, 0.05) is 6.54 Å². The standard InChI is InChI=1S/C16H21NO5S/c1-21-14-5-3-2-4-13(14)15(18)17-8-9-22-16(12-17)6-10-23(19,20)11-7-16/h2-5H,6-12H2,1H3. The molecule has 0 atom stereocenters. The minimum absolute atomic E-state index is 0.0986. The number of nitrogens with zero attached hydrogens (tertiary/aromatic N) is 1. The summed E-state index contributed by atoms with van der Waals surface area (Å²) in [5.74, 6) is 0.704. The smallest absolute Gasteiger partial charge is 0.257 e. The van der Waals surface area contributed by atoms with Crippen molar-refractivity contribution in [2.75, 3.05) is 38.3 Å². The second kappa shape index (κ2) is 6.13. The Morgan fingerprint density at radius 3 is 2.65 bits per heavy atom. The fraction of sp³-hybridized carbons (Fsp3) is 0.562. The lowest BCUT2D eigenvalue weighted by molar-refractivity contribution is -0.104. The molecule has 6 nitrogen and oxygen atoms in total. The van der Waals surface area contributed by atoms with Crippen molar-refractivity contribution in [3.8, 4) is 5.75 Å². The molecular weight excluding hydrogens is 318 g/mol. The quantitative estimate of drug-likeness (QED) is 0.807. The van der Waals surface area contributed by atoms with Gasteiger partial charge in [0.05, 0.1) is 42.9 Å². The van der Waals surface area contributed by atoms with Gasteiger partial charge in [0.25, 0.3) is 5.91 Å². The summed E-state index contributed by atoms with van der Waals surface area (Å²) in [6.07, 6.45) is 0.899. The highest BCUT2D eigenvalue weighted by Crippen LogP contribution is 2.32. The van der Waals surface area contributed by atoms with Crippen molar-refractivity contribution in [3.63, 3.8) is 0 Å². The molecule has 1 amide bonds. The third-order valence-corrected chi connectivity index (χ3v) is 6.26. The van der Waals surface area contributed by atoms with Crippen LogP contribution in [0.25, 0.3) is 0 Å².